The Bertz CT molecular complexity index is 746. The first-order chi connectivity index (χ1) is 9.61. The lowest BCUT2D eigenvalue weighted by molar-refractivity contribution is 0.152. The number of hydrogen-bond acceptors (Lipinski definition) is 2. The lowest BCUT2D eigenvalue weighted by Gasteiger charge is -2.08. The summed E-state index contributed by atoms with van der Waals surface area (Å²) in [5.41, 5.74) is 2.79. The Morgan fingerprint density at radius 2 is 2.00 bits per heavy atom. The number of hydrogen-bond donors (Lipinski definition) is 1. The fourth-order valence-electron chi connectivity index (χ4n) is 2.36. The van der Waals surface area contributed by atoms with Gasteiger partial charge in [-0.25, -0.2) is 4.39 Å². The van der Waals surface area contributed by atoms with Crippen molar-refractivity contribution in [2.24, 2.45) is 0 Å². The van der Waals surface area contributed by atoms with E-state index < -0.39 is 6.10 Å². The highest BCUT2D eigenvalue weighted by molar-refractivity contribution is 5.77. The molecule has 2 nitrogen and oxygen atoms in total. The maximum absolute atomic E-state index is 13.1. The fourth-order valence-corrected chi connectivity index (χ4v) is 2.36. The summed E-state index contributed by atoms with van der Waals surface area (Å²) in [6, 6.07) is 14.0. The molecule has 0 aliphatic heterocycles. The molecule has 3 heteroatoms. The van der Waals surface area contributed by atoms with E-state index in [0.29, 0.717) is 23.2 Å². The molecule has 1 atom stereocenters. The monoisotopic (exact) mass is 270 g/mol. The summed E-state index contributed by atoms with van der Waals surface area (Å²) < 4.78 is 18.7. The summed E-state index contributed by atoms with van der Waals surface area (Å²) in [4.78, 5) is 0. The van der Waals surface area contributed by atoms with Crippen LogP contribution in [-0.2, 0) is 6.42 Å². The summed E-state index contributed by atoms with van der Waals surface area (Å²) in [5.74, 6) is 0.158. The molecule has 0 saturated carbocycles. The first-order valence-electron chi connectivity index (χ1n) is 6.54. The molecule has 20 heavy (non-hydrogen) atoms. The van der Waals surface area contributed by atoms with E-state index in [2.05, 4.69) is 0 Å². The van der Waals surface area contributed by atoms with Crippen molar-refractivity contribution in [1.29, 1.82) is 0 Å². The first-order valence-corrected chi connectivity index (χ1v) is 6.54. The van der Waals surface area contributed by atoms with Crippen molar-refractivity contribution in [2.45, 2.75) is 19.4 Å². The molecule has 1 heterocycles. The zero-order chi connectivity index (χ0) is 14.1. The lowest BCUT2D eigenvalue weighted by Crippen LogP contribution is -2.00. The third kappa shape index (κ3) is 2.58. The molecule has 102 valence electrons. The van der Waals surface area contributed by atoms with Gasteiger partial charge in [-0.05, 0) is 36.8 Å². The largest absolute Gasteiger partial charge is 0.458 e. The van der Waals surface area contributed by atoms with Crippen LogP contribution in [0.4, 0.5) is 4.39 Å². The van der Waals surface area contributed by atoms with E-state index in [4.69, 9.17) is 4.42 Å². The molecule has 0 aliphatic carbocycles. The van der Waals surface area contributed by atoms with Gasteiger partial charge >= 0.3 is 0 Å². The lowest BCUT2D eigenvalue weighted by atomic mass is 10.0. The van der Waals surface area contributed by atoms with Gasteiger partial charge in [-0.15, -0.1) is 0 Å². The molecule has 0 bridgehead atoms. The van der Waals surface area contributed by atoms with Gasteiger partial charge < -0.3 is 9.52 Å². The zero-order valence-corrected chi connectivity index (χ0v) is 11.1. The van der Waals surface area contributed by atoms with Crippen LogP contribution in [-0.4, -0.2) is 5.11 Å². The van der Waals surface area contributed by atoms with Gasteiger partial charge in [0.2, 0.25) is 0 Å². The van der Waals surface area contributed by atoms with Crippen molar-refractivity contribution in [3.05, 3.63) is 71.2 Å². The number of aryl methyl sites for hydroxylation is 1. The van der Waals surface area contributed by atoms with E-state index in [0.717, 1.165) is 11.1 Å². The van der Waals surface area contributed by atoms with Crippen LogP contribution >= 0.6 is 0 Å². The van der Waals surface area contributed by atoms with Crippen molar-refractivity contribution in [1.82, 2.24) is 0 Å². The van der Waals surface area contributed by atoms with Gasteiger partial charge in [0, 0.05) is 11.8 Å². The molecule has 0 fully saturated rings. The molecular weight excluding hydrogens is 255 g/mol. The van der Waals surface area contributed by atoms with E-state index in [1.165, 1.54) is 12.1 Å². The van der Waals surface area contributed by atoms with E-state index in [1.807, 2.05) is 31.2 Å². The van der Waals surface area contributed by atoms with Gasteiger partial charge in [-0.3, -0.25) is 0 Å². The third-order valence-corrected chi connectivity index (χ3v) is 3.34. The number of rotatable bonds is 3. The molecule has 2 aromatic carbocycles. The minimum Gasteiger partial charge on any atom is -0.458 e. The molecule has 0 spiro atoms. The summed E-state index contributed by atoms with van der Waals surface area (Å²) in [6.45, 7) is 2.01. The van der Waals surface area contributed by atoms with Gasteiger partial charge in [0.1, 0.15) is 23.3 Å². The molecule has 3 aromatic rings. The fraction of sp³-hybridized carbons (Fsp3) is 0.176. The van der Waals surface area contributed by atoms with Gasteiger partial charge in [0.25, 0.3) is 0 Å². The van der Waals surface area contributed by atoms with Crippen LogP contribution in [0.2, 0.25) is 0 Å². The van der Waals surface area contributed by atoms with Crippen molar-refractivity contribution in [3.8, 4) is 0 Å². The molecule has 0 amide bonds. The van der Waals surface area contributed by atoms with Crippen LogP contribution in [0.15, 0.2) is 52.9 Å². The maximum atomic E-state index is 13.1. The van der Waals surface area contributed by atoms with E-state index >= 15 is 0 Å². The molecule has 3 rings (SSSR count). The van der Waals surface area contributed by atoms with E-state index in [9.17, 15) is 9.50 Å². The van der Waals surface area contributed by atoms with E-state index in [-0.39, 0.29) is 5.82 Å². The second kappa shape index (κ2) is 5.10. The van der Waals surface area contributed by atoms with Crippen LogP contribution in [0, 0.1) is 12.7 Å². The predicted octanol–water partition coefficient (Wildman–Crippen LogP) is 4.16. The minimum atomic E-state index is -0.729. The van der Waals surface area contributed by atoms with Gasteiger partial charge in [0.15, 0.2) is 0 Å². The molecule has 0 aliphatic rings. The number of halogens is 1. The average Bonchev–Trinajstić information content (AvgIpc) is 2.81. The number of aliphatic hydroxyl groups is 1. The summed E-state index contributed by atoms with van der Waals surface area (Å²) in [6.07, 6.45) is -0.253. The Morgan fingerprint density at radius 1 is 1.15 bits per heavy atom. The van der Waals surface area contributed by atoms with Crippen molar-refractivity contribution in [2.75, 3.05) is 0 Å². The predicted molar refractivity (Wildman–Crippen MR) is 76.0 cm³/mol. The zero-order valence-electron chi connectivity index (χ0n) is 11.1. The smallest absolute Gasteiger partial charge is 0.134 e. The molecule has 1 unspecified atom stereocenters. The quantitative estimate of drug-likeness (QED) is 0.775. The normalized spacial score (nSPS) is 12.8. The summed E-state index contributed by atoms with van der Waals surface area (Å²) in [5, 5.41) is 10.9. The van der Waals surface area contributed by atoms with Crippen LogP contribution < -0.4 is 0 Å². The van der Waals surface area contributed by atoms with Crippen molar-refractivity contribution in [3.63, 3.8) is 0 Å². The highest BCUT2D eigenvalue weighted by Crippen LogP contribution is 2.26. The topological polar surface area (TPSA) is 33.4 Å². The number of aliphatic hydroxyl groups excluding tert-OH is 1. The molecule has 0 radical (unpaired) electrons. The van der Waals surface area contributed by atoms with Crippen molar-refractivity contribution >= 4 is 11.0 Å². The number of fused-ring (bicyclic) bond motifs is 1. The maximum Gasteiger partial charge on any atom is 0.134 e. The Hall–Kier alpha value is -2.13. The third-order valence-electron chi connectivity index (χ3n) is 3.34. The first kappa shape index (κ1) is 12.9. The second-order valence-corrected chi connectivity index (χ2v) is 5.04. The highest BCUT2D eigenvalue weighted by atomic mass is 19.1. The van der Waals surface area contributed by atoms with Gasteiger partial charge in [-0.2, -0.15) is 0 Å². The summed E-state index contributed by atoms with van der Waals surface area (Å²) >= 11 is 0. The standard InChI is InChI=1S/C17H15FO2/c1-11-3-2-4-12(7-11)8-15(19)17-10-13-9-14(18)5-6-16(13)20-17/h2-7,9-10,15,19H,8H2,1H3. The Kier molecular flexibility index (Phi) is 3.28. The molecule has 0 saturated heterocycles. The molecule has 1 N–H and O–H groups in total. The van der Waals surface area contributed by atoms with Crippen LogP contribution in [0.25, 0.3) is 11.0 Å². The highest BCUT2D eigenvalue weighted by Gasteiger charge is 2.14. The Labute approximate surface area is 116 Å². The van der Waals surface area contributed by atoms with E-state index in [1.54, 1.807) is 12.1 Å². The Balaban J connectivity index is 1.86. The van der Waals surface area contributed by atoms with Crippen LogP contribution in [0.5, 0.6) is 0 Å². The molecular formula is C17H15FO2. The van der Waals surface area contributed by atoms with Crippen LogP contribution in [0.1, 0.15) is 23.0 Å². The SMILES string of the molecule is Cc1cccc(CC(O)c2cc3cc(F)ccc3o2)c1. The average molecular weight is 270 g/mol. The van der Waals surface area contributed by atoms with Gasteiger partial charge in [-0.1, -0.05) is 29.8 Å². The second-order valence-electron chi connectivity index (χ2n) is 5.04. The number of benzene rings is 2. The number of furan rings is 1. The van der Waals surface area contributed by atoms with Crippen LogP contribution in [0.3, 0.4) is 0 Å². The minimum absolute atomic E-state index is 0.307. The Morgan fingerprint density at radius 3 is 2.80 bits per heavy atom. The molecule has 1 aromatic heterocycles. The summed E-state index contributed by atoms with van der Waals surface area (Å²) in [7, 11) is 0. The van der Waals surface area contributed by atoms with Crippen molar-refractivity contribution < 1.29 is 13.9 Å². The van der Waals surface area contributed by atoms with Gasteiger partial charge in [0.05, 0.1) is 0 Å².